The van der Waals surface area contributed by atoms with Crippen LogP contribution in [-0.2, 0) is 10.0 Å². The molecule has 22 heavy (non-hydrogen) atoms. The number of hydrogen-bond acceptors (Lipinski definition) is 6. The van der Waals surface area contributed by atoms with Crippen LogP contribution in [0, 0.1) is 0 Å². The summed E-state index contributed by atoms with van der Waals surface area (Å²) >= 11 is 0. The molecule has 7 nitrogen and oxygen atoms in total. The first-order chi connectivity index (χ1) is 10.5. The van der Waals surface area contributed by atoms with Gasteiger partial charge in [-0.2, -0.15) is 5.10 Å². The van der Waals surface area contributed by atoms with Crippen molar-refractivity contribution < 1.29 is 13.2 Å². The van der Waals surface area contributed by atoms with Gasteiger partial charge in [0.2, 0.25) is 10.0 Å². The highest BCUT2D eigenvalue weighted by Gasteiger charge is 2.16. The fourth-order valence-electron chi connectivity index (χ4n) is 2.08. The number of nitrogens with two attached hydrogens (primary N) is 1. The number of sulfonamides is 1. The number of hydrazone groups is 1. The summed E-state index contributed by atoms with van der Waals surface area (Å²) in [6, 6.07) is 10.5. The van der Waals surface area contributed by atoms with Gasteiger partial charge < -0.3 is 4.74 Å². The number of primary sulfonamides is 1. The molecule has 0 radical (unpaired) electrons. The summed E-state index contributed by atoms with van der Waals surface area (Å²) in [7, 11) is -3.74. The lowest BCUT2D eigenvalue weighted by Gasteiger charge is -2.18. The minimum Gasteiger partial charge on any atom is -0.492 e. The Hall–Kier alpha value is -2.45. The molecule has 0 bridgehead atoms. The van der Waals surface area contributed by atoms with E-state index in [4.69, 9.17) is 9.88 Å². The third kappa shape index (κ3) is 3.07. The van der Waals surface area contributed by atoms with E-state index in [-0.39, 0.29) is 4.90 Å². The zero-order valence-electron chi connectivity index (χ0n) is 11.6. The Balaban J connectivity index is 1.80. The Morgan fingerprint density at radius 2 is 2.05 bits per heavy atom. The molecule has 2 aromatic rings. The predicted octanol–water partition coefficient (Wildman–Crippen LogP) is 1.33. The molecule has 0 amide bonds. The number of fused-ring (bicyclic) bond motifs is 1. The number of rotatable bonds is 3. The lowest BCUT2D eigenvalue weighted by atomic mass is 10.0. The standard InChI is InChI=1S/C14H14N4O3S/c15-22(19,20)10-5-6-14(16-9-10)18-17-12-7-8-21-13-4-2-1-3-11(12)13/h1-6,9H,7-8H2,(H,16,18)(H2,15,19,20). The summed E-state index contributed by atoms with van der Waals surface area (Å²) in [6.07, 6.45) is 1.87. The number of aromatic nitrogens is 1. The summed E-state index contributed by atoms with van der Waals surface area (Å²) in [5, 5.41) is 9.35. The summed E-state index contributed by atoms with van der Waals surface area (Å²) in [4.78, 5) is 3.94. The molecule has 2 heterocycles. The molecular weight excluding hydrogens is 304 g/mol. The Bertz CT molecular complexity index is 816. The van der Waals surface area contributed by atoms with Crippen LogP contribution in [0.5, 0.6) is 5.75 Å². The monoisotopic (exact) mass is 318 g/mol. The van der Waals surface area contributed by atoms with E-state index < -0.39 is 10.0 Å². The molecule has 0 aliphatic carbocycles. The smallest absolute Gasteiger partial charge is 0.239 e. The highest BCUT2D eigenvalue weighted by Crippen LogP contribution is 2.24. The summed E-state index contributed by atoms with van der Waals surface area (Å²) in [6.45, 7) is 0.565. The first-order valence-corrected chi connectivity index (χ1v) is 8.12. The van der Waals surface area contributed by atoms with Gasteiger partial charge in [0.15, 0.2) is 0 Å². The van der Waals surface area contributed by atoms with Crippen LogP contribution in [0.15, 0.2) is 52.6 Å². The van der Waals surface area contributed by atoms with Gasteiger partial charge in [0.1, 0.15) is 16.5 Å². The van der Waals surface area contributed by atoms with Gasteiger partial charge in [0.25, 0.3) is 0 Å². The Labute approximate surface area is 127 Å². The van der Waals surface area contributed by atoms with Crippen LogP contribution in [0.1, 0.15) is 12.0 Å². The van der Waals surface area contributed by atoms with Crippen LogP contribution in [0.25, 0.3) is 0 Å². The third-order valence-corrected chi connectivity index (χ3v) is 4.06. The molecule has 0 unspecified atom stereocenters. The minimum atomic E-state index is -3.74. The van der Waals surface area contributed by atoms with Crippen LogP contribution in [0.3, 0.4) is 0 Å². The van der Waals surface area contributed by atoms with E-state index in [1.807, 2.05) is 24.3 Å². The van der Waals surface area contributed by atoms with Gasteiger partial charge in [-0.15, -0.1) is 0 Å². The number of benzene rings is 1. The van der Waals surface area contributed by atoms with Crippen molar-refractivity contribution in [3.05, 3.63) is 48.2 Å². The van der Waals surface area contributed by atoms with E-state index in [1.165, 1.54) is 18.3 Å². The molecule has 0 spiro atoms. The van der Waals surface area contributed by atoms with Crippen LogP contribution in [-0.4, -0.2) is 25.7 Å². The van der Waals surface area contributed by atoms with Gasteiger partial charge >= 0.3 is 0 Å². The molecule has 0 fully saturated rings. The number of anilines is 1. The van der Waals surface area contributed by atoms with Crippen molar-refractivity contribution >= 4 is 21.6 Å². The molecule has 0 atom stereocenters. The second kappa shape index (κ2) is 5.74. The van der Waals surface area contributed by atoms with Gasteiger partial charge in [-0.1, -0.05) is 12.1 Å². The number of nitrogens with one attached hydrogen (secondary N) is 1. The quantitative estimate of drug-likeness (QED) is 0.830. The average Bonchev–Trinajstić information content (AvgIpc) is 2.52. The van der Waals surface area contributed by atoms with Crippen LogP contribution < -0.4 is 15.3 Å². The van der Waals surface area contributed by atoms with E-state index >= 15 is 0 Å². The third-order valence-electron chi connectivity index (χ3n) is 3.16. The molecule has 3 rings (SSSR count). The fourth-order valence-corrected chi connectivity index (χ4v) is 2.54. The summed E-state index contributed by atoms with van der Waals surface area (Å²) in [5.41, 5.74) is 4.61. The highest BCUT2D eigenvalue weighted by molar-refractivity contribution is 7.89. The van der Waals surface area contributed by atoms with Crippen LogP contribution in [0.2, 0.25) is 0 Å². The maximum Gasteiger partial charge on any atom is 0.239 e. The van der Waals surface area contributed by atoms with Crippen molar-refractivity contribution in [1.82, 2.24) is 4.98 Å². The van der Waals surface area contributed by atoms with Crippen molar-refractivity contribution in [3.8, 4) is 5.75 Å². The molecular formula is C14H14N4O3S. The average molecular weight is 318 g/mol. The van der Waals surface area contributed by atoms with Gasteiger partial charge in [0, 0.05) is 18.2 Å². The number of para-hydroxylation sites is 1. The first kappa shape index (κ1) is 14.5. The van der Waals surface area contributed by atoms with E-state index in [1.54, 1.807) is 0 Å². The lowest BCUT2D eigenvalue weighted by molar-refractivity contribution is 0.320. The highest BCUT2D eigenvalue weighted by atomic mass is 32.2. The Kier molecular flexibility index (Phi) is 3.78. The fraction of sp³-hybridized carbons (Fsp3) is 0.143. The molecule has 3 N–H and O–H groups in total. The zero-order valence-corrected chi connectivity index (χ0v) is 12.4. The van der Waals surface area contributed by atoms with Gasteiger partial charge in [-0.3, -0.25) is 5.43 Å². The lowest BCUT2D eigenvalue weighted by Crippen LogP contribution is -2.17. The summed E-state index contributed by atoms with van der Waals surface area (Å²) < 4.78 is 27.9. The van der Waals surface area contributed by atoms with Crippen molar-refractivity contribution in [3.63, 3.8) is 0 Å². The van der Waals surface area contributed by atoms with Gasteiger partial charge in [0.05, 0.1) is 12.3 Å². The predicted molar refractivity (Wildman–Crippen MR) is 82.3 cm³/mol. The van der Waals surface area contributed by atoms with E-state index in [9.17, 15) is 8.42 Å². The van der Waals surface area contributed by atoms with Crippen molar-refractivity contribution in [2.24, 2.45) is 10.2 Å². The van der Waals surface area contributed by atoms with Gasteiger partial charge in [-0.25, -0.2) is 18.5 Å². The maximum atomic E-state index is 11.2. The van der Waals surface area contributed by atoms with E-state index in [2.05, 4.69) is 15.5 Å². The number of ether oxygens (including phenoxy) is 1. The van der Waals surface area contributed by atoms with E-state index in [0.717, 1.165) is 17.0 Å². The SMILES string of the molecule is NS(=O)(=O)c1ccc(NN=C2CCOc3ccccc32)nc1. The molecule has 114 valence electrons. The topological polar surface area (TPSA) is 107 Å². The minimum absolute atomic E-state index is 0.0397. The Morgan fingerprint density at radius 1 is 1.23 bits per heavy atom. The maximum absolute atomic E-state index is 11.2. The largest absolute Gasteiger partial charge is 0.492 e. The van der Waals surface area contributed by atoms with Crippen molar-refractivity contribution in [1.29, 1.82) is 0 Å². The molecule has 1 aliphatic heterocycles. The van der Waals surface area contributed by atoms with Crippen molar-refractivity contribution in [2.45, 2.75) is 11.3 Å². The normalized spacial score (nSPS) is 16.0. The van der Waals surface area contributed by atoms with Crippen LogP contribution >= 0.6 is 0 Å². The second-order valence-corrected chi connectivity index (χ2v) is 6.25. The van der Waals surface area contributed by atoms with E-state index in [0.29, 0.717) is 18.8 Å². The number of nitrogens with zero attached hydrogens (tertiary/aromatic N) is 2. The number of hydrogen-bond donors (Lipinski definition) is 2. The van der Waals surface area contributed by atoms with Crippen LogP contribution in [0.4, 0.5) is 5.82 Å². The molecule has 8 heteroatoms. The molecule has 1 aromatic heterocycles. The summed E-state index contributed by atoms with van der Waals surface area (Å²) in [5.74, 6) is 1.23. The molecule has 1 aliphatic rings. The Morgan fingerprint density at radius 3 is 2.77 bits per heavy atom. The zero-order chi connectivity index (χ0) is 15.6. The molecule has 1 aromatic carbocycles. The molecule has 0 saturated heterocycles. The first-order valence-electron chi connectivity index (χ1n) is 6.58. The van der Waals surface area contributed by atoms with Crippen molar-refractivity contribution in [2.75, 3.05) is 12.0 Å². The number of pyridine rings is 1. The second-order valence-electron chi connectivity index (χ2n) is 4.69. The molecule has 0 saturated carbocycles. The van der Waals surface area contributed by atoms with Gasteiger partial charge in [-0.05, 0) is 24.3 Å².